The summed E-state index contributed by atoms with van der Waals surface area (Å²) in [7, 11) is 1.64. The van der Waals surface area contributed by atoms with Crippen LogP contribution in [-0.4, -0.2) is 49.5 Å². The minimum Gasteiger partial charge on any atom is -0.497 e. The van der Waals surface area contributed by atoms with E-state index in [4.69, 9.17) is 4.74 Å². The zero-order chi connectivity index (χ0) is 23.8. The molecular weight excluding hydrogens is 421 g/mol. The highest BCUT2D eigenvalue weighted by Gasteiger charge is 2.27. The molecule has 2 aromatic rings. The molecule has 0 aliphatic carbocycles. The van der Waals surface area contributed by atoms with Crippen molar-refractivity contribution in [2.75, 3.05) is 26.7 Å². The largest absolute Gasteiger partial charge is 0.497 e. The summed E-state index contributed by atoms with van der Waals surface area (Å²) in [6.07, 6.45) is 3.51. The van der Waals surface area contributed by atoms with Gasteiger partial charge in [-0.15, -0.1) is 0 Å². The van der Waals surface area contributed by atoms with Gasteiger partial charge in [-0.3, -0.25) is 14.5 Å². The molecule has 0 radical (unpaired) electrons. The number of carbonyl (C=O) groups is 2. The molecule has 2 N–H and O–H groups in total. The van der Waals surface area contributed by atoms with E-state index in [1.807, 2.05) is 38.1 Å². The predicted molar refractivity (Wildman–Crippen MR) is 127 cm³/mol. The predicted octanol–water partition coefficient (Wildman–Crippen LogP) is 3.93. The summed E-state index contributed by atoms with van der Waals surface area (Å²) in [6, 6.07) is 12.6. The van der Waals surface area contributed by atoms with Gasteiger partial charge in [0.05, 0.1) is 13.2 Å². The van der Waals surface area contributed by atoms with E-state index in [2.05, 4.69) is 15.5 Å². The SMILES string of the molecule is COc1ccc(C(CNC(=O)C(NC(=O)c2ccc(F)cc2)C(C)C)N2CCCCC2)cc1. The fraction of sp³-hybridized carbons (Fsp3) is 0.462. The quantitative estimate of drug-likeness (QED) is 0.601. The lowest BCUT2D eigenvalue weighted by Crippen LogP contribution is -2.51. The van der Waals surface area contributed by atoms with Crippen molar-refractivity contribution in [2.45, 2.75) is 45.2 Å². The molecule has 1 aliphatic rings. The zero-order valence-electron chi connectivity index (χ0n) is 19.6. The van der Waals surface area contributed by atoms with Crippen molar-refractivity contribution in [2.24, 2.45) is 5.92 Å². The normalized spacial score (nSPS) is 16.2. The lowest BCUT2D eigenvalue weighted by atomic mass is 10.00. The summed E-state index contributed by atoms with van der Waals surface area (Å²) in [5.74, 6) is -0.345. The average molecular weight is 456 g/mol. The van der Waals surface area contributed by atoms with Gasteiger partial charge < -0.3 is 15.4 Å². The van der Waals surface area contributed by atoms with Crippen LogP contribution in [0.15, 0.2) is 48.5 Å². The monoisotopic (exact) mass is 455 g/mol. The number of halogens is 1. The maximum absolute atomic E-state index is 13.2. The summed E-state index contributed by atoms with van der Waals surface area (Å²) in [4.78, 5) is 28.1. The third-order valence-electron chi connectivity index (χ3n) is 6.14. The molecule has 0 aromatic heterocycles. The van der Waals surface area contributed by atoms with E-state index in [1.165, 1.54) is 30.7 Å². The molecule has 2 aromatic carbocycles. The van der Waals surface area contributed by atoms with Gasteiger partial charge in [0.25, 0.3) is 5.91 Å². The number of hydrogen-bond acceptors (Lipinski definition) is 4. The van der Waals surface area contributed by atoms with Crippen molar-refractivity contribution in [1.29, 1.82) is 0 Å². The highest BCUT2D eigenvalue weighted by atomic mass is 19.1. The molecular formula is C26H34FN3O3. The van der Waals surface area contributed by atoms with Gasteiger partial charge in [-0.1, -0.05) is 32.4 Å². The Morgan fingerprint density at radius 2 is 1.64 bits per heavy atom. The van der Waals surface area contributed by atoms with Crippen LogP contribution in [-0.2, 0) is 4.79 Å². The number of methoxy groups -OCH3 is 1. The molecule has 178 valence electrons. The minimum atomic E-state index is -0.694. The third kappa shape index (κ3) is 6.78. The summed E-state index contributed by atoms with van der Waals surface area (Å²) >= 11 is 0. The molecule has 0 bridgehead atoms. The summed E-state index contributed by atoms with van der Waals surface area (Å²) in [5.41, 5.74) is 1.44. The molecule has 1 heterocycles. The third-order valence-corrected chi connectivity index (χ3v) is 6.14. The molecule has 0 spiro atoms. The standard InChI is InChI=1S/C26H34FN3O3/c1-18(2)24(29-25(31)20-7-11-21(27)12-8-20)26(32)28-17-23(30-15-5-4-6-16-30)19-9-13-22(33-3)14-10-19/h7-14,18,23-24H,4-6,15-17H2,1-3H3,(H,28,32)(H,29,31). The van der Waals surface area contributed by atoms with Gasteiger partial charge >= 0.3 is 0 Å². The summed E-state index contributed by atoms with van der Waals surface area (Å²) in [6.45, 7) is 6.20. The first-order chi connectivity index (χ1) is 15.9. The molecule has 33 heavy (non-hydrogen) atoms. The maximum Gasteiger partial charge on any atom is 0.251 e. The first kappa shape index (κ1) is 24.7. The molecule has 2 unspecified atom stereocenters. The van der Waals surface area contributed by atoms with Crippen LogP contribution in [0.5, 0.6) is 5.75 Å². The second kappa shape index (κ2) is 11.8. The Bertz CT molecular complexity index is 909. The van der Waals surface area contributed by atoms with E-state index in [1.54, 1.807) is 7.11 Å². The number of piperidine rings is 1. The van der Waals surface area contributed by atoms with E-state index < -0.39 is 17.8 Å². The van der Waals surface area contributed by atoms with E-state index >= 15 is 0 Å². The van der Waals surface area contributed by atoms with E-state index in [0.29, 0.717) is 12.1 Å². The molecule has 3 rings (SSSR count). The first-order valence-corrected chi connectivity index (χ1v) is 11.6. The second-order valence-corrected chi connectivity index (χ2v) is 8.83. The average Bonchev–Trinajstić information content (AvgIpc) is 2.83. The van der Waals surface area contributed by atoms with Gasteiger partial charge in [0.1, 0.15) is 17.6 Å². The van der Waals surface area contributed by atoms with Gasteiger partial charge in [-0.05, 0) is 73.8 Å². The Kier molecular flexibility index (Phi) is 8.83. The number of ether oxygens (including phenoxy) is 1. The molecule has 1 saturated heterocycles. The molecule has 0 saturated carbocycles. The van der Waals surface area contributed by atoms with Crippen molar-refractivity contribution in [3.05, 3.63) is 65.5 Å². The number of nitrogens with zero attached hydrogens (tertiary/aromatic N) is 1. The molecule has 6 nitrogen and oxygen atoms in total. The molecule has 2 amide bonds. The number of carbonyl (C=O) groups excluding carboxylic acids is 2. The number of likely N-dealkylation sites (tertiary alicyclic amines) is 1. The minimum absolute atomic E-state index is 0.0424. The Labute approximate surface area is 195 Å². The van der Waals surface area contributed by atoms with E-state index in [0.717, 1.165) is 37.2 Å². The van der Waals surface area contributed by atoms with Crippen LogP contribution in [0.2, 0.25) is 0 Å². The van der Waals surface area contributed by atoms with Crippen LogP contribution in [0.1, 0.15) is 55.1 Å². The van der Waals surface area contributed by atoms with Crippen molar-refractivity contribution >= 4 is 11.8 Å². The van der Waals surface area contributed by atoms with E-state index in [-0.39, 0.29) is 17.9 Å². The van der Waals surface area contributed by atoms with Gasteiger partial charge in [0.15, 0.2) is 0 Å². The van der Waals surface area contributed by atoms with E-state index in [9.17, 15) is 14.0 Å². The van der Waals surface area contributed by atoms with Crippen LogP contribution in [0.3, 0.4) is 0 Å². The molecule has 1 fully saturated rings. The number of benzene rings is 2. The number of hydrogen-bond donors (Lipinski definition) is 2. The number of amides is 2. The molecule has 2 atom stereocenters. The second-order valence-electron chi connectivity index (χ2n) is 8.83. The Balaban J connectivity index is 1.69. The lowest BCUT2D eigenvalue weighted by molar-refractivity contribution is -0.124. The van der Waals surface area contributed by atoms with Gasteiger partial charge in [0.2, 0.25) is 5.91 Å². The van der Waals surface area contributed by atoms with Crippen LogP contribution in [0.25, 0.3) is 0 Å². The highest BCUT2D eigenvalue weighted by molar-refractivity contribution is 5.97. The molecule has 7 heteroatoms. The van der Waals surface area contributed by atoms with Crippen molar-refractivity contribution in [3.8, 4) is 5.75 Å². The van der Waals surface area contributed by atoms with Crippen LogP contribution in [0.4, 0.5) is 4.39 Å². The maximum atomic E-state index is 13.2. The first-order valence-electron chi connectivity index (χ1n) is 11.6. The van der Waals surface area contributed by atoms with Gasteiger partial charge in [-0.2, -0.15) is 0 Å². The van der Waals surface area contributed by atoms with Gasteiger partial charge in [-0.25, -0.2) is 4.39 Å². The lowest BCUT2D eigenvalue weighted by Gasteiger charge is -2.35. The number of nitrogens with one attached hydrogen (secondary N) is 2. The smallest absolute Gasteiger partial charge is 0.251 e. The fourth-order valence-electron chi connectivity index (χ4n) is 4.18. The van der Waals surface area contributed by atoms with Crippen LogP contribution < -0.4 is 15.4 Å². The summed E-state index contributed by atoms with van der Waals surface area (Å²) in [5, 5.41) is 5.87. The van der Waals surface area contributed by atoms with Crippen molar-refractivity contribution in [3.63, 3.8) is 0 Å². The molecule has 1 aliphatic heterocycles. The van der Waals surface area contributed by atoms with Crippen LogP contribution >= 0.6 is 0 Å². The van der Waals surface area contributed by atoms with Crippen LogP contribution in [0, 0.1) is 11.7 Å². The number of rotatable bonds is 9. The Hall–Kier alpha value is -2.93. The van der Waals surface area contributed by atoms with Gasteiger partial charge in [0, 0.05) is 12.1 Å². The highest BCUT2D eigenvalue weighted by Crippen LogP contribution is 2.26. The summed E-state index contributed by atoms with van der Waals surface area (Å²) < 4.78 is 18.5. The van der Waals surface area contributed by atoms with Crippen molar-refractivity contribution < 1.29 is 18.7 Å². The fourth-order valence-corrected chi connectivity index (χ4v) is 4.18. The van der Waals surface area contributed by atoms with Crippen molar-refractivity contribution in [1.82, 2.24) is 15.5 Å². The topological polar surface area (TPSA) is 70.7 Å². The zero-order valence-corrected chi connectivity index (χ0v) is 19.6. The Morgan fingerprint density at radius 3 is 2.21 bits per heavy atom. The Morgan fingerprint density at radius 1 is 1.00 bits per heavy atom.